The van der Waals surface area contributed by atoms with E-state index >= 15 is 0 Å². The predicted molar refractivity (Wildman–Crippen MR) is 87.3 cm³/mol. The summed E-state index contributed by atoms with van der Waals surface area (Å²) < 4.78 is 12.9. The van der Waals surface area contributed by atoms with E-state index in [1.165, 1.54) is 12.1 Å². The van der Waals surface area contributed by atoms with Crippen molar-refractivity contribution in [3.8, 4) is 0 Å². The van der Waals surface area contributed by atoms with Crippen molar-refractivity contribution >= 4 is 11.8 Å². The molecular weight excluding hydrogens is 295 g/mol. The van der Waals surface area contributed by atoms with Crippen molar-refractivity contribution in [2.45, 2.75) is 32.6 Å². The van der Waals surface area contributed by atoms with E-state index in [4.69, 9.17) is 0 Å². The highest BCUT2D eigenvalue weighted by atomic mass is 19.1. The van der Waals surface area contributed by atoms with Gasteiger partial charge in [0.25, 0.3) is 0 Å². The Balaban J connectivity index is 1.84. The molecule has 0 saturated carbocycles. The number of carbonyl (C=O) groups is 2. The van der Waals surface area contributed by atoms with E-state index in [2.05, 4.69) is 6.92 Å². The molecular formula is C18H25FN2O2. The van der Waals surface area contributed by atoms with Gasteiger partial charge in [0.05, 0.1) is 5.92 Å². The summed E-state index contributed by atoms with van der Waals surface area (Å²) in [4.78, 5) is 27.9. The zero-order valence-corrected chi connectivity index (χ0v) is 13.9. The molecule has 126 valence electrons. The van der Waals surface area contributed by atoms with Gasteiger partial charge in [-0.05, 0) is 30.5 Å². The quantitative estimate of drug-likeness (QED) is 0.774. The molecule has 0 bridgehead atoms. The van der Waals surface area contributed by atoms with Gasteiger partial charge in [-0.1, -0.05) is 25.5 Å². The number of likely N-dealkylation sites (tertiary alicyclic amines) is 1. The highest BCUT2D eigenvalue weighted by Gasteiger charge is 2.35. The smallest absolute Gasteiger partial charge is 0.227 e. The molecule has 0 aromatic heterocycles. The second-order valence-corrected chi connectivity index (χ2v) is 6.23. The summed E-state index contributed by atoms with van der Waals surface area (Å²) in [5.41, 5.74) is 0.994. The molecule has 1 atom stereocenters. The molecule has 1 aromatic rings. The van der Waals surface area contributed by atoms with Crippen molar-refractivity contribution in [3.05, 3.63) is 35.6 Å². The summed E-state index contributed by atoms with van der Waals surface area (Å²) in [5, 5.41) is 0. The first-order valence-corrected chi connectivity index (χ1v) is 8.28. The number of hydrogen-bond donors (Lipinski definition) is 0. The summed E-state index contributed by atoms with van der Waals surface area (Å²) >= 11 is 0. The molecule has 1 aliphatic rings. The fourth-order valence-electron chi connectivity index (χ4n) is 2.89. The zero-order chi connectivity index (χ0) is 16.8. The minimum atomic E-state index is -0.258. The molecule has 1 unspecified atom stereocenters. The highest BCUT2D eigenvalue weighted by molar-refractivity contribution is 5.89. The fraction of sp³-hybridized carbons (Fsp3) is 0.556. The van der Waals surface area contributed by atoms with Crippen LogP contribution in [0.1, 0.15) is 31.7 Å². The minimum Gasteiger partial charge on any atom is -0.345 e. The number of halogens is 1. The van der Waals surface area contributed by atoms with Crippen molar-refractivity contribution in [3.63, 3.8) is 0 Å². The van der Waals surface area contributed by atoms with E-state index in [0.29, 0.717) is 25.9 Å². The average Bonchev–Trinajstić information content (AvgIpc) is 2.92. The van der Waals surface area contributed by atoms with Gasteiger partial charge in [-0.2, -0.15) is 0 Å². The van der Waals surface area contributed by atoms with Gasteiger partial charge >= 0.3 is 0 Å². The van der Waals surface area contributed by atoms with E-state index in [9.17, 15) is 14.0 Å². The predicted octanol–water partition coefficient (Wildman–Crippen LogP) is 2.48. The first kappa shape index (κ1) is 17.4. The van der Waals surface area contributed by atoms with Gasteiger partial charge in [0.1, 0.15) is 5.82 Å². The maximum Gasteiger partial charge on any atom is 0.227 e. The van der Waals surface area contributed by atoms with Crippen molar-refractivity contribution in [2.75, 3.05) is 26.7 Å². The molecule has 0 N–H and O–H groups in total. The number of hydrogen-bond acceptors (Lipinski definition) is 2. The Morgan fingerprint density at radius 3 is 2.70 bits per heavy atom. The maximum atomic E-state index is 12.9. The molecule has 4 nitrogen and oxygen atoms in total. The van der Waals surface area contributed by atoms with Crippen LogP contribution in [0.5, 0.6) is 0 Å². The van der Waals surface area contributed by atoms with Gasteiger partial charge in [0, 0.05) is 33.1 Å². The van der Waals surface area contributed by atoms with Crippen LogP contribution in [0.3, 0.4) is 0 Å². The van der Waals surface area contributed by atoms with E-state index in [-0.39, 0.29) is 23.5 Å². The van der Waals surface area contributed by atoms with Gasteiger partial charge in [-0.15, -0.1) is 0 Å². The molecule has 0 spiro atoms. The van der Waals surface area contributed by atoms with Crippen molar-refractivity contribution in [1.29, 1.82) is 0 Å². The summed E-state index contributed by atoms with van der Waals surface area (Å²) in [5.74, 6) is -0.380. The third-order valence-electron chi connectivity index (χ3n) is 4.37. The Labute approximate surface area is 137 Å². The lowest BCUT2D eigenvalue weighted by atomic mass is 10.1. The van der Waals surface area contributed by atoms with Crippen LogP contribution in [0.15, 0.2) is 24.3 Å². The van der Waals surface area contributed by atoms with Crippen LogP contribution in [0.4, 0.5) is 4.39 Å². The number of nitrogens with zero attached hydrogens (tertiary/aromatic N) is 2. The lowest BCUT2D eigenvalue weighted by molar-refractivity contribution is -0.134. The number of carbonyl (C=O) groups excluding carboxylic acids is 2. The van der Waals surface area contributed by atoms with Crippen molar-refractivity contribution in [1.82, 2.24) is 9.80 Å². The van der Waals surface area contributed by atoms with Crippen molar-refractivity contribution in [2.24, 2.45) is 5.92 Å². The first-order chi connectivity index (χ1) is 11.0. The monoisotopic (exact) mass is 320 g/mol. The Kier molecular flexibility index (Phi) is 6.13. The Bertz CT molecular complexity index is 544. The van der Waals surface area contributed by atoms with Gasteiger partial charge < -0.3 is 9.80 Å². The Hall–Kier alpha value is -1.91. The third kappa shape index (κ3) is 4.78. The molecule has 23 heavy (non-hydrogen) atoms. The number of benzene rings is 1. The third-order valence-corrected chi connectivity index (χ3v) is 4.37. The lowest BCUT2D eigenvalue weighted by Crippen LogP contribution is -2.35. The second-order valence-electron chi connectivity index (χ2n) is 6.23. The lowest BCUT2D eigenvalue weighted by Gasteiger charge is -2.21. The normalized spacial score (nSPS) is 17.6. The average molecular weight is 320 g/mol. The molecule has 1 saturated heterocycles. The molecule has 2 amide bonds. The number of rotatable bonds is 7. The van der Waals surface area contributed by atoms with Gasteiger partial charge in [-0.25, -0.2) is 4.39 Å². The highest BCUT2D eigenvalue weighted by Crippen LogP contribution is 2.20. The van der Waals surface area contributed by atoms with Crippen molar-refractivity contribution < 1.29 is 14.0 Å². The number of unbranched alkanes of at least 4 members (excludes halogenated alkanes) is 1. The SMILES string of the molecule is CCCCN(C)C(=O)C1CC(=O)N(CCc2ccc(F)cc2)C1. The fourth-order valence-corrected chi connectivity index (χ4v) is 2.89. The Morgan fingerprint density at radius 2 is 2.04 bits per heavy atom. The molecule has 1 aliphatic heterocycles. The van der Waals surface area contributed by atoms with Gasteiger partial charge in [0.15, 0.2) is 0 Å². The maximum absolute atomic E-state index is 12.9. The molecule has 1 fully saturated rings. The van der Waals surface area contributed by atoms with E-state index in [0.717, 1.165) is 24.9 Å². The van der Waals surface area contributed by atoms with Gasteiger partial charge in [0.2, 0.25) is 11.8 Å². The minimum absolute atomic E-state index is 0.0364. The molecule has 0 radical (unpaired) electrons. The Morgan fingerprint density at radius 1 is 1.35 bits per heavy atom. The van der Waals surface area contributed by atoms with E-state index < -0.39 is 0 Å². The summed E-state index contributed by atoms with van der Waals surface area (Å²) in [6, 6.07) is 6.32. The van der Waals surface area contributed by atoms with Crippen LogP contribution in [0, 0.1) is 11.7 Å². The van der Waals surface area contributed by atoms with E-state index in [1.54, 1.807) is 21.9 Å². The summed E-state index contributed by atoms with van der Waals surface area (Å²) in [6.07, 6.45) is 3.01. The summed E-state index contributed by atoms with van der Waals surface area (Å²) in [6.45, 7) is 3.91. The van der Waals surface area contributed by atoms with E-state index in [1.807, 2.05) is 7.05 Å². The molecule has 1 aromatic carbocycles. The van der Waals surface area contributed by atoms with Crippen LogP contribution in [-0.4, -0.2) is 48.3 Å². The molecule has 1 heterocycles. The second kappa shape index (κ2) is 8.09. The van der Waals surface area contributed by atoms with Crippen LogP contribution in [-0.2, 0) is 16.0 Å². The number of amides is 2. The van der Waals surface area contributed by atoms with Crippen LogP contribution < -0.4 is 0 Å². The van der Waals surface area contributed by atoms with Crippen LogP contribution in [0.25, 0.3) is 0 Å². The van der Waals surface area contributed by atoms with Crippen LogP contribution >= 0.6 is 0 Å². The first-order valence-electron chi connectivity index (χ1n) is 8.28. The van der Waals surface area contributed by atoms with Gasteiger partial charge in [-0.3, -0.25) is 9.59 Å². The standard InChI is InChI=1S/C18H25FN2O2/c1-3-4-10-20(2)18(23)15-12-17(22)21(13-15)11-9-14-5-7-16(19)8-6-14/h5-8,15H,3-4,9-13H2,1-2H3. The summed E-state index contributed by atoms with van der Waals surface area (Å²) in [7, 11) is 1.81. The topological polar surface area (TPSA) is 40.6 Å². The van der Waals surface area contributed by atoms with Crippen LogP contribution in [0.2, 0.25) is 0 Å². The largest absolute Gasteiger partial charge is 0.345 e. The molecule has 5 heteroatoms. The molecule has 0 aliphatic carbocycles. The zero-order valence-electron chi connectivity index (χ0n) is 13.9. The molecule has 2 rings (SSSR count).